The van der Waals surface area contributed by atoms with Gasteiger partial charge in [-0.1, -0.05) is 6.07 Å². The molecule has 26 heavy (non-hydrogen) atoms. The maximum atomic E-state index is 13.1. The maximum absolute atomic E-state index is 13.1. The molecule has 134 valence electrons. The van der Waals surface area contributed by atoms with Crippen LogP contribution in [0.1, 0.15) is 5.56 Å². The summed E-state index contributed by atoms with van der Waals surface area (Å²) in [4.78, 5) is 10.8. The second kappa shape index (κ2) is 7.16. The van der Waals surface area contributed by atoms with E-state index >= 15 is 0 Å². The molecule has 2 aromatic carbocycles. The number of aromatic nitrogens is 1. The summed E-state index contributed by atoms with van der Waals surface area (Å²) in [6.07, 6.45) is 2.09. The van der Waals surface area contributed by atoms with Crippen molar-refractivity contribution in [1.82, 2.24) is 4.98 Å². The summed E-state index contributed by atoms with van der Waals surface area (Å²) in [5.74, 6) is 0.861. The van der Waals surface area contributed by atoms with Crippen molar-refractivity contribution in [2.24, 2.45) is 0 Å². The smallest absolute Gasteiger partial charge is 0.129 e. The summed E-state index contributed by atoms with van der Waals surface area (Å²) < 4.78 is 13.1. The number of piperazine rings is 1. The Hall–Kier alpha value is -2.27. The standard InChI is InChI=1S/C21H22FN3S/c1-15-13-21(23-20-14-18(26-2)7-8-19(15)20)25-11-9-24(10-12-25)17-5-3-16(22)4-6-17/h3-8,13-14H,9-12H2,1-2H3. The van der Waals surface area contributed by atoms with Crippen molar-refractivity contribution in [1.29, 1.82) is 0 Å². The molecule has 0 saturated carbocycles. The predicted octanol–water partition coefficient (Wildman–Crippen LogP) is 4.73. The number of hydrogen-bond acceptors (Lipinski definition) is 4. The van der Waals surface area contributed by atoms with Crippen molar-refractivity contribution in [3.8, 4) is 0 Å². The van der Waals surface area contributed by atoms with Crippen LogP contribution in [0, 0.1) is 12.7 Å². The van der Waals surface area contributed by atoms with E-state index in [4.69, 9.17) is 4.98 Å². The highest BCUT2D eigenvalue weighted by Crippen LogP contribution is 2.27. The van der Waals surface area contributed by atoms with E-state index in [-0.39, 0.29) is 5.82 Å². The Morgan fingerprint density at radius 3 is 2.31 bits per heavy atom. The normalized spacial score (nSPS) is 14.9. The van der Waals surface area contributed by atoms with Crippen LogP contribution in [-0.2, 0) is 0 Å². The third-order valence-electron chi connectivity index (χ3n) is 5.01. The summed E-state index contributed by atoms with van der Waals surface area (Å²) in [6, 6.07) is 15.4. The molecule has 1 fully saturated rings. The lowest BCUT2D eigenvalue weighted by Gasteiger charge is -2.37. The first-order valence-corrected chi connectivity index (χ1v) is 10.1. The molecule has 4 rings (SSSR count). The zero-order chi connectivity index (χ0) is 18.1. The van der Waals surface area contributed by atoms with Crippen LogP contribution in [0.15, 0.2) is 53.4 Å². The molecule has 0 N–H and O–H groups in total. The third-order valence-corrected chi connectivity index (χ3v) is 5.73. The number of pyridine rings is 1. The number of aryl methyl sites for hydroxylation is 1. The van der Waals surface area contributed by atoms with E-state index in [1.54, 1.807) is 11.8 Å². The van der Waals surface area contributed by atoms with Gasteiger partial charge in [-0.25, -0.2) is 9.37 Å². The van der Waals surface area contributed by atoms with Crippen LogP contribution in [0.25, 0.3) is 10.9 Å². The lowest BCUT2D eigenvalue weighted by atomic mass is 10.1. The Labute approximate surface area is 157 Å². The first-order chi connectivity index (χ1) is 12.6. The molecule has 0 unspecified atom stereocenters. The highest BCUT2D eigenvalue weighted by molar-refractivity contribution is 7.98. The van der Waals surface area contributed by atoms with Gasteiger partial charge in [0.25, 0.3) is 0 Å². The van der Waals surface area contributed by atoms with Crippen LogP contribution in [0.5, 0.6) is 0 Å². The molecule has 0 aliphatic carbocycles. The molecule has 1 saturated heterocycles. The number of benzene rings is 2. The van der Waals surface area contributed by atoms with Crippen LogP contribution in [0.4, 0.5) is 15.9 Å². The van der Waals surface area contributed by atoms with Gasteiger partial charge < -0.3 is 9.80 Å². The number of nitrogens with zero attached hydrogens (tertiary/aromatic N) is 3. The second-order valence-corrected chi connectivity index (χ2v) is 7.51. The van der Waals surface area contributed by atoms with Gasteiger partial charge in [-0.05, 0) is 61.2 Å². The highest BCUT2D eigenvalue weighted by Gasteiger charge is 2.19. The van der Waals surface area contributed by atoms with Crippen LogP contribution in [0.2, 0.25) is 0 Å². The average Bonchev–Trinajstić information content (AvgIpc) is 2.68. The Morgan fingerprint density at radius 2 is 1.62 bits per heavy atom. The van der Waals surface area contributed by atoms with Crippen molar-refractivity contribution in [3.05, 3.63) is 59.9 Å². The van der Waals surface area contributed by atoms with E-state index in [1.807, 2.05) is 12.1 Å². The molecule has 0 radical (unpaired) electrons. The lowest BCUT2D eigenvalue weighted by molar-refractivity contribution is 0.624. The molecule has 1 aliphatic heterocycles. The van der Waals surface area contributed by atoms with E-state index in [1.165, 1.54) is 28.0 Å². The Morgan fingerprint density at radius 1 is 0.923 bits per heavy atom. The number of hydrogen-bond donors (Lipinski definition) is 0. The van der Waals surface area contributed by atoms with Crippen molar-refractivity contribution in [3.63, 3.8) is 0 Å². The fourth-order valence-corrected chi connectivity index (χ4v) is 3.93. The molecule has 0 atom stereocenters. The first-order valence-electron chi connectivity index (χ1n) is 8.85. The van der Waals surface area contributed by atoms with Crippen LogP contribution in [0.3, 0.4) is 0 Å². The SMILES string of the molecule is CSc1ccc2c(C)cc(N3CCN(c4ccc(F)cc4)CC3)nc2c1. The average molecular weight is 367 g/mol. The predicted molar refractivity (Wildman–Crippen MR) is 109 cm³/mol. The maximum Gasteiger partial charge on any atom is 0.129 e. The molecule has 0 spiro atoms. The van der Waals surface area contributed by atoms with Gasteiger partial charge in [0, 0.05) is 42.1 Å². The Kier molecular flexibility index (Phi) is 4.72. The summed E-state index contributed by atoms with van der Waals surface area (Å²) in [6.45, 7) is 5.81. The van der Waals surface area contributed by atoms with Crippen LogP contribution < -0.4 is 9.80 Å². The van der Waals surface area contributed by atoms with Gasteiger partial charge >= 0.3 is 0 Å². The summed E-state index contributed by atoms with van der Waals surface area (Å²) in [5, 5.41) is 1.22. The molecular formula is C21H22FN3S. The Bertz CT molecular complexity index is 918. The van der Waals surface area contributed by atoms with Crippen molar-refractivity contribution in [2.45, 2.75) is 11.8 Å². The summed E-state index contributed by atoms with van der Waals surface area (Å²) in [7, 11) is 0. The summed E-state index contributed by atoms with van der Waals surface area (Å²) >= 11 is 1.74. The highest BCUT2D eigenvalue weighted by atomic mass is 32.2. The lowest BCUT2D eigenvalue weighted by Crippen LogP contribution is -2.46. The van der Waals surface area contributed by atoms with E-state index in [9.17, 15) is 4.39 Å². The van der Waals surface area contributed by atoms with E-state index in [2.05, 4.69) is 47.2 Å². The zero-order valence-corrected chi connectivity index (χ0v) is 15.9. The molecular weight excluding hydrogens is 345 g/mol. The van der Waals surface area contributed by atoms with Crippen molar-refractivity contribution >= 4 is 34.2 Å². The molecule has 3 aromatic rings. The van der Waals surface area contributed by atoms with Crippen molar-refractivity contribution < 1.29 is 4.39 Å². The quantitative estimate of drug-likeness (QED) is 0.623. The van der Waals surface area contributed by atoms with Gasteiger partial charge in [0.1, 0.15) is 11.6 Å². The Balaban J connectivity index is 1.54. The minimum atomic E-state index is -0.187. The van der Waals surface area contributed by atoms with E-state index < -0.39 is 0 Å². The minimum absolute atomic E-state index is 0.187. The second-order valence-electron chi connectivity index (χ2n) is 6.63. The van der Waals surface area contributed by atoms with Gasteiger partial charge in [-0.2, -0.15) is 0 Å². The summed E-state index contributed by atoms with van der Waals surface area (Å²) in [5.41, 5.74) is 3.41. The van der Waals surface area contributed by atoms with Gasteiger partial charge in [0.05, 0.1) is 5.52 Å². The number of fused-ring (bicyclic) bond motifs is 1. The zero-order valence-electron chi connectivity index (χ0n) is 15.1. The first kappa shape index (κ1) is 17.2. The molecule has 0 amide bonds. The monoisotopic (exact) mass is 367 g/mol. The van der Waals surface area contributed by atoms with Crippen LogP contribution >= 0.6 is 11.8 Å². The van der Waals surface area contributed by atoms with Gasteiger partial charge in [0.15, 0.2) is 0 Å². The molecule has 1 aliphatic rings. The molecule has 5 heteroatoms. The number of halogens is 1. The van der Waals surface area contributed by atoms with Crippen LogP contribution in [-0.4, -0.2) is 37.4 Å². The third kappa shape index (κ3) is 3.36. The number of rotatable bonds is 3. The molecule has 0 bridgehead atoms. The number of anilines is 2. The fourth-order valence-electron chi connectivity index (χ4n) is 3.50. The topological polar surface area (TPSA) is 19.4 Å². The van der Waals surface area contributed by atoms with Gasteiger partial charge in [-0.3, -0.25) is 0 Å². The van der Waals surface area contributed by atoms with Gasteiger partial charge in [0.2, 0.25) is 0 Å². The molecule has 3 nitrogen and oxygen atoms in total. The fraction of sp³-hybridized carbons (Fsp3) is 0.286. The molecule has 1 aromatic heterocycles. The van der Waals surface area contributed by atoms with E-state index in [0.29, 0.717) is 0 Å². The van der Waals surface area contributed by atoms with Crippen molar-refractivity contribution in [2.75, 3.05) is 42.2 Å². The van der Waals surface area contributed by atoms with Gasteiger partial charge in [-0.15, -0.1) is 11.8 Å². The number of thioether (sulfide) groups is 1. The largest absolute Gasteiger partial charge is 0.368 e. The molecule has 2 heterocycles. The van der Waals surface area contributed by atoms with E-state index in [0.717, 1.165) is 43.2 Å². The minimum Gasteiger partial charge on any atom is -0.368 e.